The van der Waals surface area contributed by atoms with Gasteiger partial charge in [-0.3, -0.25) is 9.59 Å². The van der Waals surface area contributed by atoms with Crippen molar-refractivity contribution >= 4 is 11.9 Å². The number of carbonyl (C=O) groups is 2. The minimum Gasteiger partial charge on any atom is -0.462 e. The van der Waals surface area contributed by atoms with Gasteiger partial charge in [0.2, 0.25) is 0 Å². The maximum absolute atomic E-state index is 12.4. The molecule has 0 amide bonds. The van der Waals surface area contributed by atoms with Gasteiger partial charge in [0.15, 0.2) is 6.10 Å². The number of rotatable bonds is 63. The Morgan fingerprint density at radius 3 is 0.833 bits per heavy atom. The Bertz CT molecular complexity index is 1420. The molecule has 5 nitrogen and oxygen atoms in total. The summed E-state index contributed by atoms with van der Waals surface area (Å²) in [5, 5.41) is 9.70. The van der Waals surface area contributed by atoms with Crippen molar-refractivity contribution in [1.82, 2.24) is 0 Å². The fourth-order valence-corrected chi connectivity index (χ4v) is 10.1. The first-order valence-corrected chi connectivity index (χ1v) is 34.1. The fraction of sp³-hybridized carbons (Fsp3) is 0.781. The number of aliphatic hydroxyl groups excluding tert-OH is 1. The van der Waals surface area contributed by atoms with Crippen molar-refractivity contribution in [3.63, 3.8) is 0 Å². The summed E-state index contributed by atoms with van der Waals surface area (Å²) in [4.78, 5) is 24.6. The Kier molecular flexibility index (Phi) is 65.8. The van der Waals surface area contributed by atoms with Gasteiger partial charge in [-0.1, -0.05) is 349 Å². The van der Waals surface area contributed by atoms with Crippen molar-refractivity contribution in [3.8, 4) is 0 Å². The van der Waals surface area contributed by atoms with Crippen LogP contribution >= 0.6 is 0 Å². The zero-order chi connectivity index (χ0) is 56.2. The van der Waals surface area contributed by atoms with Crippen molar-refractivity contribution in [2.24, 2.45) is 0 Å². The molecule has 0 aliphatic heterocycles. The van der Waals surface area contributed by atoms with E-state index in [4.69, 9.17) is 9.47 Å². The molecule has 0 saturated heterocycles. The predicted octanol–water partition coefficient (Wildman–Crippen LogP) is 23.7. The summed E-state index contributed by atoms with van der Waals surface area (Å²) in [6.07, 6.45) is 96.1. The molecule has 0 bridgehead atoms. The van der Waals surface area contributed by atoms with Crippen LogP contribution in [-0.2, 0) is 19.1 Å². The lowest BCUT2D eigenvalue weighted by Crippen LogP contribution is -2.28. The molecule has 0 aliphatic carbocycles. The lowest BCUT2D eigenvalue weighted by Gasteiger charge is -2.15. The van der Waals surface area contributed by atoms with Gasteiger partial charge in [-0.05, 0) is 70.6 Å². The van der Waals surface area contributed by atoms with Crippen molar-refractivity contribution in [2.75, 3.05) is 13.2 Å². The molecule has 78 heavy (non-hydrogen) atoms. The van der Waals surface area contributed by atoms with E-state index < -0.39 is 6.10 Å². The topological polar surface area (TPSA) is 72.8 Å². The molecule has 0 aromatic heterocycles. The molecule has 0 heterocycles. The van der Waals surface area contributed by atoms with Crippen molar-refractivity contribution in [1.29, 1.82) is 0 Å². The van der Waals surface area contributed by atoms with Crippen LogP contribution in [0.5, 0.6) is 0 Å². The summed E-state index contributed by atoms with van der Waals surface area (Å²) in [7, 11) is 0. The number of hydrogen-bond donors (Lipinski definition) is 1. The highest BCUT2D eigenvalue weighted by atomic mass is 16.6. The van der Waals surface area contributed by atoms with E-state index in [-0.39, 0.29) is 25.2 Å². The van der Waals surface area contributed by atoms with Gasteiger partial charge in [0.05, 0.1) is 6.61 Å². The highest BCUT2D eigenvalue weighted by Gasteiger charge is 2.16. The van der Waals surface area contributed by atoms with E-state index in [2.05, 4.69) is 98.9 Å². The molecule has 452 valence electrons. The number of allylic oxidation sites excluding steroid dienone is 14. The van der Waals surface area contributed by atoms with Crippen LogP contribution < -0.4 is 0 Å². The van der Waals surface area contributed by atoms with Gasteiger partial charge < -0.3 is 14.6 Å². The third-order valence-corrected chi connectivity index (χ3v) is 15.2. The molecular weight excluding hydrogens is 957 g/mol. The lowest BCUT2D eigenvalue weighted by atomic mass is 10.0. The second kappa shape index (κ2) is 68.4. The number of hydrogen-bond acceptors (Lipinski definition) is 5. The molecule has 5 heteroatoms. The number of unbranched alkanes of at least 4 members (excludes halogenated alkanes) is 41. The fourth-order valence-electron chi connectivity index (χ4n) is 10.1. The van der Waals surface area contributed by atoms with E-state index >= 15 is 0 Å². The van der Waals surface area contributed by atoms with Gasteiger partial charge in [0.1, 0.15) is 6.61 Å². The number of carbonyl (C=O) groups excluding carboxylic acids is 2. The Hall–Kier alpha value is -2.92. The Balaban J connectivity index is 3.46. The number of aliphatic hydroxyl groups is 1. The summed E-state index contributed by atoms with van der Waals surface area (Å²) < 4.78 is 10.8. The van der Waals surface area contributed by atoms with Crippen LogP contribution in [0.3, 0.4) is 0 Å². The largest absolute Gasteiger partial charge is 0.462 e. The summed E-state index contributed by atoms with van der Waals surface area (Å²) in [6.45, 7) is 4.07. The first-order valence-electron chi connectivity index (χ1n) is 34.1. The van der Waals surface area contributed by atoms with Crippen LogP contribution in [0.25, 0.3) is 0 Å². The standard InChI is InChI=1S/C73H130O5/c1-3-5-7-9-11-13-15-17-19-21-23-25-27-29-31-33-35-36-38-40-42-44-46-48-50-52-54-56-58-60-62-64-66-68-73(76)78-71(69-74)70-77-72(75)67-65-63-61-59-57-55-53-51-49-47-45-43-41-39-37-34-32-30-28-26-24-22-20-18-16-14-12-10-8-6-4-2/h5,7,11,13,17,19,23,25,29,31,35-36,40,42,71,74H,3-4,6,8-10,12,14-16,18,20-22,24,26-28,30,32-34,37-39,41,43-70H2,1-2H3/b7-5-,13-11-,19-17-,25-23-,31-29-,36-35-,42-40-. The molecule has 1 unspecified atom stereocenters. The second-order valence-corrected chi connectivity index (χ2v) is 22.9. The maximum Gasteiger partial charge on any atom is 0.306 e. The molecular formula is C73H130O5. The summed E-state index contributed by atoms with van der Waals surface area (Å²) in [5.41, 5.74) is 0. The quantitative estimate of drug-likeness (QED) is 0.0373. The van der Waals surface area contributed by atoms with E-state index in [1.807, 2.05) is 0 Å². The van der Waals surface area contributed by atoms with Crippen LogP contribution in [0.2, 0.25) is 0 Å². The average molecular weight is 1090 g/mol. The zero-order valence-electron chi connectivity index (χ0n) is 51.9. The Morgan fingerprint density at radius 1 is 0.308 bits per heavy atom. The minimum absolute atomic E-state index is 0.0660. The molecule has 0 radical (unpaired) electrons. The Labute approximate surface area is 486 Å². The molecule has 0 aliphatic rings. The van der Waals surface area contributed by atoms with E-state index in [0.29, 0.717) is 12.8 Å². The van der Waals surface area contributed by atoms with Crippen molar-refractivity contribution in [3.05, 3.63) is 85.1 Å². The molecule has 0 spiro atoms. The van der Waals surface area contributed by atoms with E-state index in [0.717, 1.165) is 83.5 Å². The molecule has 1 atom stereocenters. The first-order chi connectivity index (χ1) is 38.6. The van der Waals surface area contributed by atoms with Gasteiger partial charge in [0, 0.05) is 12.8 Å². The normalized spacial score (nSPS) is 12.7. The van der Waals surface area contributed by atoms with Gasteiger partial charge in [-0.25, -0.2) is 0 Å². The molecule has 0 rings (SSSR count). The highest BCUT2D eigenvalue weighted by molar-refractivity contribution is 5.70. The van der Waals surface area contributed by atoms with E-state index in [1.54, 1.807) is 0 Å². The van der Waals surface area contributed by atoms with Crippen LogP contribution in [-0.4, -0.2) is 36.4 Å². The third-order valence-electron chi connectivity index (χ3n) is 15.2. The van der Waals surface area contributed by atoms with Crippen molar-refractivity contribution in [2.45, 2.75) is 354 Å². The van der Waals surface area contributed by atoms with Crippen LogP contribution in [0.4, 0.5) is 0 Å². The minimum atomic E-state index is -0.778. The smallest absolute Gasteiger partial charge is 0.306 e. The molecule has 0 aromatic rings. The van der Waals surface area contributed by atoms with Crippen LogP contribution in [0, 0.1) is 0 Å². The Morgan fingerprint density at radius 2 is 0.551 bits per heavy atom. The average Bonchev–Trinajstić information content (AvgIpc) is 3.44. The van der Waals surface area contributed by atoms with Crippen LogP contribution in [0.1, 0.15) is 348 Å². The molecule has 0 saturated carbocycles. The number of ether oxygens (including phenoxy) is 2. The van der Waals surface area contributed by atoms with Crippen LogP contribution in [0.15, 0.2) is 85.1 Å². The van der Waals surface area contributed by atoms with Gasteiger partial charge in [0.25, 0.3) is 0 Å². The summed E-state index contributed by atoms with van der Waals surface area (Å²) in [5.74, 6) is -0.581. The molecule has 0 aromatic carbocycles. The lowest BCUT2D eigenvalue weighted by molar-refractivity contribution is -0.161. The zero-order valence-corrected chi connectivity index (χ0v) is 51.9. The van der Waals surface area contributed by atoms with Gasteiger partial charge in [-0.15, -0.1) is 0 Å². The number of esters is 2. The third kappa shape index (κ3) is 65.6. The summed E-state index contributed by atoms with van der Waals surface area (Å²) in [6, 6.07) is 0. The van der Waals surface area contributed by atoms with Gasteiger partial charge in [-0.2, -0.15) is 0 Å². The van der Waals surface area contributed by atoms with E-state index in [1.165, 1.54) is 238 Å². The predicted molar refractivity (Wildman–Crippen MR) is 343 cm³/mol. The van der Waals surface area contributed by atoms with Crippen molar-refractivity contribution < 1.29 is 24.2 Å². The SMILES string of the molecule is CC/C=C\C/C=C\C/C=C\C/C=C\C/C=C\C/C=C\C/C=C\CCCCCCCCCCCCCC(=O)OC(CO)COC(=O)CCCCCCCCCCCCCCCCCCCCCCCCCCCCCCCCC. The molecule has 1 N–H and O–H groups in total. The van der Waals surface area contributed by atoms with Gasteiger partial charge >= 0.3 is 11.9 Å². The molecule has 0 fully saturated rings. The monoisotopic (exact) mass is 1090 g/mol. The summed E-state index contributed by atoms with van der Waals surface area (Å²) >= 11 is 0. The maximum atomic E-state index is 12.4. The second-order valence-electron chi connectivity index (χ2n) is 22.9. The highest BCUT2D eigenvalue weighted by Crippen LogP contribution is 2.18. The van der Waals surface area contributed by atoms with E-state index in [9.17, 15) is 14.7 Å². The first kappa shape index (κ1) is 75.1.